The van der Waals surface area contributed by atoms with Gasteiger partial charge in [-0.05, 0) is 43.1 Å². The molecule has 1 amide bonds. The Kier molecular flexibility index (Phi) is 7.52. The maximum absolute atomic E-state index is 12.9. The third kappa shape index (κ3) is 5.10. The Bertz CT molecular complexity index is 789. The summed E-state index contributed by atoms with van der Waals surface area (Å²) in [7, 11) is 3.16. The van der Waals surface area contributed by atoms with Gasteiger partial charge in [0.1, 0.15) is 0 Å². The number of thiophene rings is 1. The number of amides is 1. The molecular weight excluding hydrogens is 386 g/mol. The summed E-state index contributed by atoms with van der Waals surface area (Å²) < 4.78 is 10.6. The van der Waals surface area contributed by atoms with Gasteiger partial charge in [-0.2, -0.15) is 0 Å². The lowest BCUT2D eigenvalue weighted by Crippen LogP contribution is -2.52. The van der Waals surface area contributed by atoms with E-state index in [1.165, 1.54) is 4.88 Å². The first-order chi connectivity index (χ1) is 14.1. The summed E-state index contributed by atoms with van der Waals surface area (Å²) in [6.07, 6.45) is 0. The van der Waals surface area contributed by atoms with Crippen molar-refractivity contribution in [2.45, 2.75) is 25.9 Å². The monoisotopic (exact) mass is 417 g/mol. The van der Waals surface area contributed by atoms with E-state index in [2.05, 4.69) is 46.5 Å². The van der Waals surface area contributed by atoms with Gasteiger partial charge in [-0.1, -0.05) is 13.0 Å². The fraction of sp³-hybridized carbons (Fsp3) is 0.500. The highest BCUT2D eigenvalue weighted by Gasteiger charge is 2.30. The number of nitrogens with zero attached hydrogens (tertiary/aromatic N) is 2. The lowest BCUT2D eigenvalue weighted by Gasteiger charge is -2.41. The number of likely N-dealkylation sites (N-methyl/N-ethyl adjacent to an activating group) is 1. The Balaban J connectivity index is 1.75. The van der Waals surface area contributed by atoms with Crippen LogP contribution in [0, 0.1) is 0 Å². The van der Waals surface area contributed by atoms with Crippen LogP contribution in [0.5, 0.6) is 11.5 Å². The van der Waals surface area contributed by atoms with E-state index in [-0.39, 0.29) is 18.0 Å². The van der Waals surface area contributed by atoms with Crippen molar-refractivity contribution in [3.05, 3.63) is 46.2 Å². The zero-order valence-corrected chi connectivity index (χ0v) is 18.5. The first kappa shape index (κ1) is 21.6. The molecule has 158 valence electrons. The predicted octanol–water partition coefficient (Wildman–Crippen LogP) is 3.26. The topological polar surface area (TPSA) is 54.0 Å². The van der Waals surface area contributed by atoms with E-state index < -0.39 is 0 Å². The largest absolute Gasteiger partial charge is 0.493 e. The third-order valence-electron chi connectivity index (χ3n) is 5.56. The minimum Gasteiger partial charge on any atom is -0.493 e. The van der Waals surface area contributed by atoms with Crippen LogP contribution in [0.25, 0.3) is 0 Å². The molecule has 0 saturated carbocycles. The molecule has 0 radical (unpaired) electrons. The van der Waals surface area contributed by atoms with Gasteiger partial charge in [-0.3, -0.25) is 9.69 Å². The van der Waals surface area contributed by atoms with Gasteiger partial charge in [0.25, 0.3) is 5.91 Å². The molecule has 6 nitrogen and oxygen atoms in total. The quantitative estimate of drug-likeness (QED) is 0.715. The second kappa shape index (κ2) is 10.1. The number of carbonyl (C=O) groups excluding carboxylic acids is 1. The van der Waals surface area contributed by atoms with Gasteiger partial charge in [0.05, 0.1) is 20.3 Å². The Morgan fingerprint density at radius 3 is 2.45 bits per heavy atom. The van der Waals surface area contributed by atoms with Gasteiger partial charge in [0.2, 0.25) is 0 Å². The van der Waals surface area contributed by atoms with Gasteiger partial charge in [-0.15, -0.1) is 11.3 Å². The summed E-state index contributed by atoms with van der Waals surface area (Å²) in [5, 5.41) is 5.32. The molecule has 3 rings (SSSR count). The van der Waals surface area contributed by atoms with Gasteiger partial charge < -0.3 is 19.7 Å². The Morgan fingerprint density at radius 2 is 1.86 bits per heavy atom. The third-order valence-corrected chi connectivity index (χ3v) is 6.50. The molecular formula is C22H31N3O3S. The zero-order chi connectivity index (χ0) is 20.8. The minimum atomic E-state index is -0.104. The van der Waals surface area contributed by atoms with E-state index in [0.29, 0.717) is 17.1 Å². The van der Waals surface area contributed by atoms with Crippen molar-refractivity contribution in [3.8, 4) is 11.5 Å². The fourth-order valence-electron chi connectivity index (χ4n) is 3.91. The number of methoxy groups -OCH3 is 2. The number of rotatable bonds is 8. The number of piperazine rings is 1. The molecule has 2 heterocycles. The molecule has 0 bridgehead atoms. The highest BCUT2D eigenvalue weighted by atomic mass is 32.1. The van der Waals surface area contributed by atoms with Crippen molar-refractivity contribution < 1.29 is 14.3 Å². The average Bonchev–Trinajstić information content (AvgIpc) is 3.28. The van der Waals surface area contributed by atoms with Crippen LogP contribution < -0.4 is 14.8 Å². The van der Waals surface area contributed by atoms with Crippen molar-refractivity contribution in [3.63, 3.8) is 0 Å². The van der Waals surface area contributed by atoms with Crippen molar-refractivity contribution in [2.24, 2.45) is 0 Å². The molecule has 1 aliphatic heterocycles. The van der Waals surface area contributed by atoms with Gasteiger partial charge in [0, 0.05) is 42.7 Å². The SMILES string of the molecule is CCN1CCN(C(c2cccs2)C(C)NC(=O)c2ccc(OC)c(OC)c2)CC1. The van der Waals surface area contributed by atoms with Crippen molar-refractivity contribution in [1.29, 1.82) is 0 Å². The molecule has 29 heavy (non-hydrogen) atoms. The van der Waals surface area contributed by atoms with E-state index in [1.807, 2.05) is 0 Å². The summed E-state index contributed by atoms with van der Waals surface area (Å²) in [5.74, 6) is 1.06. The maximum Gasteiger partial charge on any atom is 0.251 e. The molecule has 0 aliphatic carbocycles. The van der Waals surface area contributed by atoms with E-state index in [0.717, 1.165) is 32.7 Å². The van der Waals surface area contributed by atoms with E-state index in [9.17, 15) is 4.79 Å². The van der Waals surface area contributed by atoms with Crippen LogP contribution in [0.2, 0.25) is 0 Å². The Hall–Kier alpha value is -2.09. The standard InChI is InChI=1S/C22H31N3O3S/c1-5-24-10-12-25(13-11-24)21(20-7-6-14-29-20)16(2)23-22(26)17-8-9-18(27-3)19(15-17)28-4/h6-9,14-16,21H,5,10-13H2,1-4H3,(H,23,26). The summed E-state index contributed by atoms with van der Waals surface area (Å²) in [6, 6.07) is 9.64. The van der Waals surface area contributed by atoms with Crippen molar-refractivity contribution in [2.75, 3.05) is 46.9 Å². The Labute approximate surface area is 177 Å². The summed E-state index contributed by atoms with van der Waals surface area (Å²) >= 11 is 1.75. The van der Waals surface area contributed by atoms with Crippen LogP contribution in [-0.4, -0.2) is 68.7 Å². The number of benzene rings is 1. The normalized spacial score (nSPS) is 17.5. The zero-order valence-electron chi connectivity index (χ0n) is 17.7. The molecule has 2 unspecified atom stereocenters. The number of hydrogen-bond acceptors (Lipinski definition) is 6. The summed E-state index contributed by atoms with van der Waals surface area (Å²) in [6.45, 7) is 9.53. The Morgan fingerprint density at radius 1 is 1.14 bits per heavy atom. The highest BCUT2D eigenvalue weighted by molar-refractivity contribution is 7.10. The molecule has 2 aromatic rings. The molecule has 1 fully saturated rings. The molecule has 1 aliphatic rings. The number of hydrogen-bond donors (Lipinski definition) is 1. The van der Waals surface area contributed by atoms with Crippen LogP contribution in [0.1, 0.15) is 35.1 Å². The average molecular weight is 418 g/mol. The lowest BCUT2D eigenvalue weighted by molar-refractivity contribution is 0.0753. The smallest absolute Gasteiger partial charge is 0.251 e. The summed E-state index contributed by atoms with van der Waals surface area (Å²) in [5.41, 5.74) is 0.565. The van der Waals surface area contributed by atoms with Crippen LogP contribution in [0.3, 0.4) is 0 Å². The lowest BCUT2D eigenvalue weighted by atomic mass is 10.0. The van der Waals surface area contributed by atoms with E-state index >= 15 is 0 Å². The molecule has 0 spiro atoms. The van der Waals surface area contributed by atoms with Gasteiger partial charge >= 0.3 is 0 Å². The molecule has 1 N–H and O–H groups in total. The number of ether oxygens (including phenoxy) is 2. The van der Waals surface area contributed by atoms with Crippen LogP contribution >= 0.6 is 11.3 Å². The first-order valence-corrected chi connectivity index (χ1v) is 11.0. The van der Waals surface area contributed by atoms with Crippen LogP contribution in [-0.2, 0) is 0 Å². The number of carbonyl (C=O) groups is 1. The second-order valence-electron chi connectivity index (χ2n) is 7.26. The van der Waals surface area contributed by atoms with Gasteiger partial charge in [-0.25, -0.2) is 0 Å². The molecule has 7 heteroatoms. The maximum atomic E-state index is 12.9. The molecule has 1 aromatic carbocycles. The van der Waals surface area contributed by atoms with E-state index in [4.69, 9.17) is 9.47 Å². The second-order valence-corrected chi connectivity index (χ2v) is 8.24. The fourth-order valence-corrected chi connectivity index (χ4v) is 4.87. The highest BCUT2D eigenvalue weighted by Crippen LogP contribution is 2.30. The minimum absolute atomic E-state index is 0.0255. The van der Waals surface area contributed by atoms with Crippen LogP contribution in [0.4, 0.5) is 0 Å². The molecule has 1 saturated heterocycles. The van der Waals surface area contributed by atoms with E-state index in [1.54, 1.807) is 43.8 Å². The van der Waals surface area contributed by atoms with Crippen molar-refractivity contribution in [1.82, 2.24) is 15.1 Å². The van der Waals surface area contributed by atoms with Crippen LogP contribution in [0.15, 0.2) is 35.7 Å². The van der Waals surface area contributed by atoms with Crippen molar-refractivity contribution >= 4 is 17.2 Å². The predicted molar refractivity (Wildman–Crippen MR) is 117 cm³/mol. The first-order valence-electron chi connectivity index (χ1n) is 10.1. The summed E-state index contributed by atoms with van der Waals surface area (Å²) in [4.78, 5) is 19.2. The molecule has 2 atom stereocenters. The van der Waals surface area contributed by atoms with Gasteiger partial charge in [0.15, 0.2) is 11.5 Å². The number of nitrogens with one attached hydrogen (secondary N) is 1. The molecule has 1 aromatic heterocycles.